The van der Waals surface area contributed by atoms with Crippen molar-refractivity contribution in [1.82, 2.24) is 29.8 Å². The smallest absolute Gasteiger partial charge is 0.404 e. The average molecular weight is 548 g/mol. The molecule has 0 aliphatic heterocycles. The quantitative estimate of drug-likeness (QED) is 0.289. The Morgan fingerprint density at radius 3 is 2.59 bits per heavy atom. The fourth-order valence-corrected chi connectivity index (χ4v) is 5.46. The number of hydrogen-bond donors (Lipinski definition) is 3. The number of carbonyl (C=O) groups is 1. The molecule has 1 saturated carbocycles. The number of aromatic nitrogens is 5. The molecule has 1 aliphatic carbocycles. The molecule has 1 amide bonds. The number of nitrogens with one attached hydrogen (secondary N) is 2. The van der Waals surface area contributed by atoms with E-state index in [9.17, 15) is 9.59 Å². The van der Waals surface area contributed by atoms with Crippen LogP contribution >= 0.6 is 11.6 Å². The number of hydrogen-bond acceptors (Lipinski definition) is 7. The topological polar surface area (TPSA) is 135 Å². The van der Waals surface area contributed by atoms with Gasteiger partial charge in [0.2, 0.25) is 5.95 Å². The number of nitrogens with zero attached hydrogens (tertiary/aromatic N) is 5. The molecule has 0 saturated heterocycles. The van der Waals surface area contributed by atoms with Crippen molar-refractivity contribution >= 4 is 34.7 Å². The second-order valence-corrected chi connectivity index (χ2v) is 10.3. The van der Waals surface area contributed by atoms with E-state index >= 15 is 0 Å². The first-order valence-electron chi connectivity index (χ1n) is 13.0. The summed E-state index contributed by atoms with van der Waals surface area (Å²) in [7, 11) is 0. The Morgan fingerprint density at radius 1 is 1.10 bits per heavy atom. The molecular weight excluding hydrogens is 518 g/mol. The Labute approximate surface area is 230 Å². The van der Waals surface area contributed by atoms with E-state index in [1.807, 2.05) is 26.0 Å². The summed E-state index contributed by atoms with van der Waals surface area (Å²) in [6.07, 6.45) is 7.17. The van der Waals surface area contributed by atoms with E-state index in [2.05, 4.69) is 30.6 Å². The predicted octanol–water partition coefficient (Wildman–Crippen LogP) is 5.14. The molecule has 202 valence electrons. The van der Waals surface area contributed by atoms with Crippen LogP contribution in [0.15, 0.2) is 47.7 Å². The maximum absolute atomic E-state index is 14.0. The number of rotatable bonds is 7. The van der Waals surface area contributed by atoms with Crippen molar-refractivity contribution in [2.75, 3.05) is 11.9 Å². The molecule has 4 aromatic rings. The molecule has 11 heteroatoms. The third kappa shape index (κ3) is 5.85. The lowest BCUT2D eigenvalue weighted by atomic mass is 9.86. The van der Waals surface area contributed by atoms with Crippen molar-refractivity contribution in [3.05, 3.63) is 63.9 Å². The molecule has 1 fully saturated rings. The maximum atomic E-state index is 14.0. The summed E-state index contributed by atoms with van der Waals surface area (Å²) in [5, 5.41) is 15.9. The molecule has 1 aromatic carbocycles. The van der Waals surface area contributed by atoms with Crippen LogP contribution in [0.3, 0.4) is 0 Å². The van der Waals surface area contributed by atoms with Crippen LogP contribution in [0.4, 0.5) is 10.7 Å². The Balaban J connectivity index is 1.54. The van der Waals surface area contributed by atoms with Crippen LogP contribution in [0.2, 0.25) is 5.02 Å². The van der Waals surface area contributed by atoms with Gasteiger partial charge in [-0.2, -0.15) is 4.98 Å². The SMILES string of the molecule is CCNc1ncc2cc(-c3ccc(-c4cncc(C)n4)cc3Cl)c(=O)n(C[C@H]3CC[C@H](NC(=O)O)CC3)c2n1. The van der Waals surface area contributed by atoms with Crippen LogP contribution < -0.4 is 16.2 Å². The Kier molecular flexibility index (Phi) is 7.74. The number of fused-ring (bicyclic) bond motifs is 1. The Morgan fingerprint density at radius 2 is 1.90 bits per heavy atom. The van der Waals surface area contributed by atoms with Gasteiger partial charge in [-0.05, 0) is 57.6 Å². The van der Waals surface area contributed by atoms with Crippen molar-refractivity contribution in [3.63, 3.8) is 0 Å². The molecule has 3 aromatic heterocycles. The number of aryl methyl sites for hydroxylation is 1. The molecule has 3 N–H and O–H groups in total. The van der Waals surface area contributed by atoms with E-state index in [-0.39, 0.29) is 17.5 Å². The number of anilines is 1. The highest BCUT2D eigenvalue weighted by molar-refractivity contribution is 6.33. The zero-order valence-corrected chi connectivity index (χ0v) is 22.6. The highest BCUT2D eigenvalue weighted by Crippen LogP contribution is 2.32. The van der Waals surface area contributed by atoms with Gasteiger partial charge in [-0.1, -0.05) is 23.7 Å². The molecule has 3 heterocycles. The fourth-order valence-electron chi connectivity index (χ4n) is 5.18. The third-order valence-electron chi connectivity index (χ3n) is 7.09. The first-order chi connectivity index (χ1) is 18.8. The second-order valence-electron chi connectivity index (χ2n) is 9.88. The largest absolute Gasteiger partial charge is 0.465 e. The standard InChI is InChI=1S/C28H30ClN7O3/c1-3-31-27-32-13-19-10-22(21-9-6-18(11-23(21)29)24-14-30-12-16(2)33-24)26(37)36(25(19)35-27)15-17-4-7-20(8-5-17)34-28(38)39/h6,9-14,17,20,34H,3-5,7-8,15H2,1-2H3,(H,38,39)(H,31,32,35)/t17-,20-. The van der Waals surface area contributed by atoms with Crippen LogP contribution in [-0.2, 0) is 6.54 Å². The summed E-state index contributed by atoms with van der Waals surface area (Å²) >= 11 is 6.75. The highest BCUT2D eigenvalue weighted by Gasteiger charge is 2.25. The average Bonchev–Trinajstić information content (AvgIpc) is 2.91. The van der Waals surface area contributed by atoms with E-state index in [0.29, 0.717) is 46.5 Å². The van der Waals surface area contributed by atoms with Crippen molar-refractivity contribution in [2.24, 2.45) is 5.92 Å². The lowest BCUT2D eigenvalue weighted by Crippen LogP contribution is -2.38. The van der Waals surface area contributed by atoms with E-state index in [1.165, 1.54) is 0 Å². The number of pyridine rings is 1. The summed E-state index contributed by atoms with van der Waals surface area (Å²) in [6, 6.07) is 7.27. The molecule has 1 aliphatic rings. The minimum absolute atomic E-state index is 0.0587. The number of benzene rings is 1. The van der Waals surface area contributed by atoms with E-state index in [4.69, 9.17) is 16.7 Å². The maximum Gasteiger partial charge on any atom is 0.404 e. The second kappa shape index (κ2) is 11.4. The lowest BCUT2D eigenvalue weighted by molar-refractivity contribution is 0.181. The summed E-state index contributed by atoms with van der Waals surface area (Å²) in [4.78, 5) is 42.9. The van der Waals surface area contributed by atoms with Gasteiger partial charge in [0.05, 0.1) is 17.6 Å². The van der Waals surface area contributed by atoms with Gasteiger partial charge in [-0.15, -0.1) is 0 Å². The van der Waals surface area contributed by atoms with Gasteiger partial charge in [0, 0.05) is 58.6 Å². The van der Waals surface area contributed by atoms with Crippen molar-refractivity contribution in [2.45, 2.75) is 52.1 Å². The summed E-state index contributed by atoms with van der Waals surface area (Å²) in [6.45, 7) is 4.96. The van der Waals surface area contributed by atoms with Crippen LogP contribution in [0.5, 0.6) is 0 Å². The Bertz CT molecular complexity index is 1580. The molecule has 5 rings (SSSR count). The van der Waals surface area contributed by atoms with Crippen LogP contribution in [0, 0.1) is 12.8 Å². The molecule has 0 radical (unpaired) electrons. The van der Waals surface area contributed by atoms with Gasteiger partial charge in [-0.3, -0.25) is 14.3 Å². The summed E-state index contributed by atoms with van der Waals surface area (Å²) in [5.74, 6) is 0.671. The number of halogens is 1. The van der Waals surface area contributed by atoms with Gasteiger partial charge < -0.3 is 15.7 Å². The zero-order chi connectivity index (χ0) is 27.5. The minimum Gasteiger partial charge on any atom is -0.465 e. The third-order valence-corrected chi connectivity index (χ3v) is 7.40. The van der Waals surface area contributed by atoms with Gasteiger partial charge in [0.25, 0.3) is 5.56 Å². The van der Waals surface area contributed by atoms with E-state index in [0.717, 1.165) is 42.3 Å². The normalized spacial score (nSPS) is 17.2. The highest BCUT2D eigenvalue weighted by atomic mass is 35.5. The Hall–Kier alpha value is -4.05. The molecule has 0 bridgehead atoms. The minimum atomic E-state index is -1.00. The zero-order valence-electron chi connectivity index (χ0n) is 21.8. The van der Waals surface area contributed by atoms with E-state index in [1.54, 1.807) is 35.3 Å². The molecule has 0 unspecified atom stereocenters. The van der Waals surface area contributed by atoms with E-state index < -0.39 is 6.09 Å². The number of amides is 1. The van der Waals surface area contributed by atoms with Crippen molar-refractivity contribution < 1.29 is 9.90 Å². The molecular formula is C28H30ClN7O3. The van der Waals surface area contributed by atoms with Crippen LogP contribution in [0.25, 0.3) is 33.4 Å². The summed E-state index contributed by atoms with van der Waals surface area (Å²) in [5.41, 5.74) is 3.78. The van der Waals surface area contributed by atoms with Gasteiger partial charge in [0.15, 0.2) is 0 Å². The summed E-state index contributed by atoms with van der Waals surface area (Å²) < 4.78 is 1.72. The monoisotopic (exact) mass is 547 g/mol. The molecule has 39 heavy (non-hydrogen) atoms. The van der Waals surface area contributed by atoms with Gasteiger partial charge in [0.1, 0.15) is 5.65 Å². The van der Waals surface area contributed by atoms with Crippen LogP contribution in [0.1, 0.15) is 38.3 Å². The van der Waals surface area contributed by atoms with Gasteiger partial charge in [-0.25, -0.2) is 14.8 Å². The molecule has 0 atom stereocenters. The molecule has 10 nitrogen and oxygen atoms in total. The lowest BCUT2D eigenvalue weighted by Gasteiger charge is -2.29. The molecule has 0 spiro atoms. The first-order valence-corrected chi connectivity index (χ1v) is 13.4. The van der Waals surface area contributed by atoms with Gasteiger partial charge >= 0.3 is 6.09 Å². The number of carboxylic acid groups (broad SMARTS) is 1. The predicted molar refractivity (Wildman–Crippen MR) is 151 cm³/mol. The van der Waals surface area contributed by atoms with Crippen LogP contribution in [-0.4, -0.2) is 48.3 Å². The fraction of sp³-hybridized carbons (Fsp3) is 0.357. The van der Waals surface area contributed by atoms with Crippen molar-refractivity contribution in [1.29, 1.82) is 0 Å². The first kappa shape index (κ1) is 26.6. The van der Waals surface area contributed by atoms with Crippen molar-refractivity contribution in [3.8, 4) is 22.4 Å².